The molecule has 0 aliphatic carbocycles. The Kier molecular flexibility index (Phi) is 2.60. The Labute approximate surface area is 71.4 Å². The molecule has 0 spiro atoms. The topological polar surface area (TPSA) is 40.9 Å². The van der Waals surface area contributed by atoms with Crippen LogP contribution in [0, 0.1) is 11.3 Å². The van der Waals surface area contributed by atoms with Gasteiger partial charge in [-0.3, -0.25) is 4.79 Å². The average molecular weight is 159 g/mol. The van der Waals surface area contributed by atoms with Gasteiger partial charge in [-0.05, 0) is 12.1 Å². The van der Waals surface area contributed by atoms with E-state index in [0.717, 1.165) is 0 Å². The largest absolute Gasteiger partial charge is 0.294 e. The van der Waals surface area contributed by atoms with Gasteiger partial charge in [0.15, 0.2) is 5.78 Å². The molecule has 0 aliphatic heterocycles. The SMILES string of the molecule is CCC(=O)c1cccc(C#N)c1. The lowest BCUT2D eigenvalue weighted by molar-refractivity contribution is 0.0988. The van der Waals surface area contributed by atoms with Crippen molar-refractivity contribution >= 4 is 5.78 Å². The van der Waals surface area contributed by atoms with Crippen molar-refractivity contribution in [2.24, 2.45) is 0 Å². The van der Waals surface area contributed by atoms with Crippen molar-refractivity contribution in [3.8, 4) is 6.07 Å². The third-order valence-corrected chi connectivity index (χ3v) is 1.63. The van der Waals surface area contributed by atoms with Crippen LogP contribution in [0.5, 0.6) is 0 Å². The van der Waals surface area contributed by atoms with E-state index in [2.05, 4.69) is 0 Å². The molecule has 1 aromatic carbocycles. The molecule has 60 valence electrons. The Bertz CT molecular complexity index is 336. The van der Waals surface area contributed by atoms with Crippen LogP contribution in [0.2, 0.25) is 0 Å². The highest BCUT2D eigenvalue weighted by Gasteiger charge is 2.02. The van der Waals surface area contributed by atoms with E-state index in [1.165, 1.54) is 0 Å². The molecule has 0 aliphatic rings. The summed E-state index contributed by atoms with van der Waals surface area (Å²) in [5.41, 5.74) is 1.16. The summed E-state index contributed by atoms with van der Waals surface area (Å²) >= 11 is 0. The highest BCUT2D eigenvalue weighted by atomic mass is 16.1. The molecule has 1 rings (SSSR count). The molecule has 0 unspecified atom stereocenters. The molecule has 0 N–H and O–H groups in total. The van der Waals surface area contributed by atoms with Gasteiger partial charge in [-0.1, -0.05) is 19.1 Å². The Balaban J connectivity index is 3.04. The normalized spacial score (nSPS) is 9.00. The standard InChI is InChI=1S/C10H9NO/c1-2-10(12)9-5-3-4-8(6-9)7-11/h3-6H,2H2,1H3. The van der Waals surface area contributed by atoms with E-state index in [9.17, 15) is 4.79 Å². The molecule has 0 radical (unpaired) electrons. The maximum Gasteiger partial charge on any atom is 0.162 e. The first-order valence-electron chi connectivity index (χ1n) is 3.81. The van der Waals surface area contributed by atoms with Crippen molar-refractivity contribution in [1.82, 2.24) is 0 Å². The average Bonchev–Trinajstić information content (AvgIpc) is 2.17. The number of ketones is 1. The quantitative estimate of drug-likeness (QED) is 0.620. The van der Waals surface area contributed by atoms with Gasteiger partial charge in [0.25, 0.3) is 0 Å². The van der Waals surface area contributed by atoms with Gasteiger partial charge in [-0.2, -0.15) is 5.26 Å². The summed E-state index contributed by atoms with van der Waals surface area (Å²) in [6.07, 6.45) is 0.481. The van der Waals surface area contributed by atoms with E-state index >= 15 is 0 Å². The van der Waals surface area contributed by atoms with Gasteiger partial charge in [0, 0.05) is 12.0 Å². The Hall–Kier alpha value is -1.62. The second kappa shape index (κ2) is 3.68. The van der Waals surface area contributed by atoms with Gasteiger partial charge in [0.2, 0.25) is 0 Å². The molecule has 2 heteroatoms. The van der Waals surface area contributed by atoms with Crippen molar-refractivity contribution in [2.45, 2.75) is 13.3 Å². The molecular formula is C10H9NO. The van der Waals surface area contributed by atoms with Crippen molar-refractivity contribution in [3.63, 3.8) is 0 Å². The minimum atomic E-state index is 0.0760. The fourth-order valence-corrected chi connectivity index (χ4v) is 0.966. The Morgan fingerprint density at radius 2 is 2.33 bits per heavy atom. The molecule has 0 aromatic heterocycles. The lowest BCUT2D eigenvalue weighted by atomic mass is 10.1. The summed E-state index contributed by atoms with van der Waals surface area (Å²) in [5.74, 6) is 0.0760. The smallest absolute Gasteiger partial charge is 0.162 e. The van der Waals surface area contributed by atoms with Crippen molar-refractivity contribution in [2.75, 3.05) is 0 Å². The second-order valence-corrected chi connectivity index (χ2v) is 2.47. The Morgan fingerprint density at radius 1 is 1.58 bits per heavy atom. The zero-order chi connectivity index (χ0) is 8.97. The first-order chi connectivity index (χ1) is 5.77. The summed E-state index contributed by atoms with van der Waals surface area (Å²) in [6.45, 7) is 1.81. The summed E-state index contributed by atoms with van der Waals surface area (Å²) in [5, 5.41) is 8.56. The summed E-state index contributed by atoms with van der Waals surface area (Å²) in [7, 11) is 0. The molecule has 0 saturated carbocycles. The third-order valence-electron chi connectivity index (χ3n) is 1.63. The van der Waals surface area contributed by atoms with E-state index in [1.54, 1.807) is 31.2 Å². The second-order valence-electron chi connectivity index (χ2n) is 2.47. The highest BCUT2D eigenvalue weighted by molar-refractivity contribution is 5.96. The van der Waals surface area contributed by atoms with E-state index < -0.39 is 0 Å². The van der Waals surface area contributed by atoms with Gasteiger partial charge in [0.1, 0.15) is 0 Å². The Morgan fingerprint density at radius 3 is 2.92 bits per heavy atom. The molecular weight excluding hydrogens is 150 g/mol. The molecule has 0 atom stereocenters. The van der Waals surface area contributed by atoms with Crippen LogP contribution in [0.3, 0.4) is 0 Å². The third kappa shape index (κ3) is 1.70. The predicted molar refractivity (Wildman–Crippen MR) is 45.8 cm³/mol. The van der Waals surface area contributed by atoms with E-state index in [4.69, 9.17) is 5.26 Å². The molecule has 2 nitrogen and oxygen atoms in total. The minimum Gasteiger partial charge on any atom is -0.294 e. The van der Waals surface area contributed by atoms with Gasteiger partial charge in [0.05, 0.1) is 11.6 Å². The molecule has 0 bridgehead atoms. The van der Waals surface area contributed by atoms with Crippen molar-refractivity contribution in [3.05, 3.63) is 35.4 Å². The lowest BCUT2D eigenvalue weighted by Crippen LogP contribution is -1.95. The maximum absolute atomic E-state index is 11.2. The maximum atomic E-state index is 11.2. The van der Waals surface area contributed by atoms with Crippen LogP contribution < -0.4 is 0 Å². The van der Waals surface area contributed by atoms with Gasteiger partial charge >= 0.3 is 0 Å². The monoisotopic (exact) mass is 159 g/mol. The molecule has 0 saturated heterocycles. The number of hydrogen-bond acceptors (Lipinski definition) is 2. The molecule has 0 amide bonds. The zero-order valence-electron chi connectivity index (χ0n) is 6.87. The zero-order valence-corrected chi connectivity index (χ0v) is 6.87. The van der Waals surface area contributed by atoms with E-state index in [0.29, 0.717) is 17.5 Å². The number of Topliss-reactive ketones (excluding diaryl/α,β-unsaturated/α-hetero) is 1. The number of carbonyl (C=O) groups is 1. The van der Waals surface area contributed by atoms with E-state index in [1.807, 2.05) is 6.07 Å². The fourth-order valence-electron chi connectivity index (χ4n) is 0.966. The van der Waals surface area contributed by atoms with E-state index in [-0.39, 0.29) is 5.78 Å². The highest BCUT2D eigenvalue weighted by Crippen LogP contribution is 2.06. The van der Waals surface area contributed by atoms with Crippen LogP contribution in [0.4, 0.5) is 0 Å². The summed E-state index contributed by atoms with van der Waals surface area (Å²) in [6, 6.07) is 8.75. The number of nitriles is 1. The first-order valence-corrected chi connectivity index (χ1v) is 3.81. The molecule has 0 fully saturated rings. The van der Waals surface area contributed by atoms with Crippen molar-refractivity contribution in [1.29, 1.82) is 5.26 Å². The van der Waals surface area contributed by atoms with Gasteiger partial charge in [-0.15, -0.1) is 0 Å². The molecule has 0 heterocycles. The first kappa shape index (κ1) is 8.48. The van der Waals surface area contributed by atoms with Crippen LogP contribution in [0.15, 0.2) is 24.3 Å². The number of hydrogen-bond donors (Lipinski definition) is 0. The van der Waals surface area contributed by atoms with Crippen molar-refractivity contribution < 1.29 is 4.79 Å². The molecule has 12 heavy (non-hydrogen) atoms. The number of nitrogens with zero attached hydrogens (tertiary/aromatic N) is 1. The van der Waals surface area contributed by atoms with Crippen LogP contribution >= 0.6 is 0 Å². The number of rotatable bonds is 2. The molecule has 1 aromatic rings. The summed E-state index contributed by atoms with van der Waals surface area (Å²) in [4.78, 5) is 11.2. The predicted octanol–water partition coefficient (Wildman–Crippen LogP) is 2.15. The lowest BCUT2D eigenvalue weighted by Gasteiger charge is -1.96. The number of carbonyl (C=O) groups excluding carboxylic acids is 1. The van der Waals surface area contributed by atoms with Crippen LogP contribution in [-0.4, -0.2) is 5.78 Å². The van der Waals surface area contributed by atoms with Crippen LogP contribution in [-0.2, 0) is 0 Å². The minimum absolute atomic E-state index is 0.0760. The summed E-state index contributed by atoms with van der Waals surface area (Å²) < 4.78 is 0. The number of benzene rings is 1. The van der Waals surface area contributed by atoms with Gasteiger partial charge < -0.3 is 0 Å². The van der Waals surface area contributed by atoms with Crippen LogP contribution in [0.25, 0.3) is 0 Å². The van der Waals surface area contributed by atoms with Gasteiger partial charge in [-0.25, -0.2) is 0 Å². The fraction of sp³-hybridized carbons (Fsp3) is 0.200. The van der Waals surface area contributed by atoms with Crippen LogP contribution in [0.1, 0.15) is 29.3 Å².